The molecule has 2 heterocycles. The molecule has 118 valence electrons. The largest absolute Gasteiger partial charge is 0.484 e. The van der Waals surface area contributed by atoms with E-state index in [-0.39, 0.29) is 0 Å². The first-order chi connectivity index (χ1) is 11.8. The molecule has 0 amide bonds. The summed E-state index contributed by atoms with van der Waals surface area (Å²) in [6, 6.07) is 21.6. The van der Waals surface area contributed by atoms with Crippen molar-refractivity contribution < 1.29 is 9.15 Å². The molecule has 0 unspecified atom stereocenters. The van der Waals surface area contributed by atoms with Crippen LogP contribution in [0.25, 0.3) is 22.4 Å². The van der Waals surface area contributed by atoms with Gasteiger partial charge >= 0.3 is 0 Å². The highest BCUT2D eigenvalue weighted by Gasteiger charge is 2.06. The number of para-hydroxylation sites is 2. The van der Waals surface area contributed by atoms with Gasteiger partial charge < -0.3 is 9.15 Å². The third-order valence-electron chi connectivity index (χ3n) is 3.74. The zero-order valence-electron chi connectivity index (χ0n) is 13.3. The van der Waals surface area contributed by atoms with Crippen LogP contribution in [-0.4, -0.2) is 9.97 Å². The summed E-state index contributed by atoms with van der Waals surface area (Å²) in [6.07, 6.45) is 0. The fourth-order valence-corrected chi connectivity index (χ4v) is 2.55. The first-order valence-electron chi connectivity index (χ1n) is 7.79. The molecular weight excluding hydrogens is 300 g/mol. The smallest absolute Gasteiger partial charge is 0.233 e. The second-order valence-corrected chi connectivity index (χ2v) is 5.55. The van der Waals surface area contributed by atoms with Crippen molar-refractivity contribution in [2.45, 2.75) is 13.5 Å². The van der Waals surface area contributed by atoms with Crippen molar-refractivity contribution in [3.05, 3.63) is 78.3 Å². The van der Waals surface area contributed by atoms with Gasteiger partial charge in [-0.25, -0.2) is 4.98 Å². The van der Waals surface area contributed by atoms with Gasteiger partial charge in [-0.1, -0.05) is 18.2 Å². The Morgan fingerprint density at radius 2 is 1.71 bits per heavy atom. The summed E-state index contributed by atoms with van der Waals surface area (Å²) in [6.45, 7) is 2.29. The van der Waals surface area contributed by atoms with Crippen LogP contribution < -0.4 is 4.74 Å². The number of aromatic nitrogens is 2. The number of rotatable bonds is 4. The summed E-state index contributed by atoms with van der Waals surface area (Å²) in [5.74, 6) is 1.34. The number of hydrogen-bond donors (Lipinski definition) is 0. The van der Waals surface area contributed by atoms with E-state index in [1.165, 1.54) is 0 Å². The third-order valence-corrected chi connectivity index (χ3v) is 3.74. The van der Waals surface area contributed by atoms with Gasteiger partial charge in [-0.3, -0.25) is 4.98 Å². The first kappa shape index (κ1) is 14.5. The maximum atomic E-state index is 5.76. The molecule has 0 aliphatic carbocycles. The highest BCUT2D eigenvalue weighted by molar-refractivity contribution is 5.72. The van der Waals surface area contributed by atoms with Gasteiger partial charge in [-0.15, -0.1) is 0 Å². The minimum Gasteiger partial charge on any atom is -0.484 e. The Labute approximate surface area is 139 Å². The zero-order valence-corrected chi connectivity index (χ0v) is 13.3. The Bertz CT molecular complexity index is 941. The Hall–Kier alpha value is -3.14. The van der Waals surface area contributed by atoms with E-state index in [4.69, 9.17) is 9.15 Å². The van der Waals surface area contributed by atoms with Crippen molar-refractivity contribution in [3.8, 4) is 17.0 Å². The molecule has 2 aromatic carbocycles. The van der Waals surface area contributed by atoms with Crippen LogP contribution in [0.5, 0.6) is 5.75 Å². The first-order valence-corrected chi connectivity index (χ1v) is 7.79. The van der Waals surface area contributed by atoms with Crippen LogP contribution in [0.4, 0.5) is 0 Å². The van der Waals surface area contributed by atoms with Crippen LogP contribution in [0, 0.1) is 6.92 Å². The van der Waals surface area contributed by atoms with E-state index in [0.717, 1.165) is 33.8 Å². The predicted octanol–water partition coefficient (Wildman–Crippen LogP) is 4.78. The van der Waals surface area contributed by atoms with Crippen LogP contribution in [0.15, 0.2) is 71.1 Å². The summed E-state index contributed by atoms with van der Waals surface area (Å²) in [5, 5.41) is 0. The summed E-state index contributed by atoms with van der Waals surface area (Å²) < 4.78 is 11.4. The maximum Gasteiger partial charge on any atom is 0.233 e. The number of pyridine rings is 1. The van der Waals surface area contributed by atoms with Crippen molar-refractivity contribution in [2.24, 2.45) is 0 Å². The average molecular weight is 316 g/mol. The Kier molecular flexibility index (Phi) is 3.71. The van der Waals surface area contributed by atoms with Crippen LogP contribution in [0.2, 0.25) is 0 Å². The van der Waals surface area contributed by atoms with Gasteiger partial charge in [-0.05, 0) is 55.5 Å². The minimum absolute atomic E-state index is 0.302. The van der Waals surface area contributed by atoms with Gasteiger partial charge in [0.15, 0.2) is 12.2 Å². The maximum absolute atomic E-state index is 5.76. The Balaban J connectivity index is 1.47. The van der Waals surface area contributed by atoms with Crippen molar-refractivity contribution in [1.82, 2.24) is 9.97 Å². The predicted molar refractivity (Wildman–Crippen MR) is 92.8 cm³/mol. The molecule has 0 saturated carbocycles. The molecule has 4 heteroatoms. The Morgan fingerprint density at radius 1 is 0.875 bits per heavy atom. The molecule has 0 spiro atoms. The molecule has 0 fully saturated rings. The number of oxazole rings is 1. The van der Waals surface area contributed by atoms with Gasteiger partial charge in [0.1, 0.15) is 11.3 Å². The van der Waals surface area contributed by atoms with Crippen molar-refractivity contribution in [2.75, 3.05) is 0 Å². The number of hydrogen-bond acceptors (Lipinski definition) is 4. The number of fused-ring (bicyclic) bond motifs is 1. The van der Waals surface area contributed by atoms with Crippen LogP contribution >= 0.6 is 0 Å². The highest BCUT2D eigenvalue weighted by atomic mass is 16.5. The molecule has 2 aromatic heterocycles. The SMILES string of the molecule is Cc1cccc(-c2ccc(OCc3nc4ccccc4o3)cc2)n1. The summed E-state index contributed by atoms with van der Waals surface area (Å²) >= 11 is 0. The number of benzene rings is 2. The lowest BCUT2D eigenvalue weighted by Crippen LogP contribution is -1.95. The molecule has 0 radical (unpaired) electrons. The lowest BCUT2D eigenvalue weighted by atomic mass is 10.1. The van der Waals surface area contributed by atoms with Gasteiger partial charge in [0.05, 0.1) is 5.69 Å². The minimum atomic E-state index is 0.302. The quantitative estimate of drug-likeness (QED) is 0.544. The fraction of sp³-hybridized carbons (Fsp3) is 0.100. The highest BCUT2D eigenvalue weighted by Crippen LogP contribution is 2.22. The van der Waals surface area contributed by atoms with E-state index in [2.05, 4.69) is 9.97 Å². The van der Waals surface area contributed by atoms with Gasteiger partial charge in [-0.2, -0.15) is 0 Å². The average Bonchev–Trinajstić information content (AvgIpc) is 3.03. The van der Waals surface area contributed by atoms with Gasteiger partial charge in [0, 0.05) is 11.3 Å². The molecular formula is C20H16N2O2. The molecule has 0 aliphatic heterocycles. The lowest BCUT2D eigenvalue weighted by Gasteiger charge is -2.06. The molecule has 24 heavy (non-hydrogen) atoms. The van der Waals surface area contributed by atoms with E-state index in [9.17, 15) is 0 Å². The standard InChI is InChI=1S/C20H16N2O2/c1-14-5-4-7-17(21-14)15-9-11-16(12-10-15)23-13-20-22-18-6-2-3-8-19(18)24-20/h2-12H,13H2,1H3. The van der Waals surface area contributed by atoms with Crippen molar-refractivity contribution in [1.29, 1.82) is 0 Å². The second-order valence-electron chi connectivity index (χ2n) is 5.55. The number of ether oxygens (including phenoxy) is 1. The molecule has 4 aromatic rings. The van der Waals surface area contributed by atoms with Crippen LogP contribution in [0.1, 0.15) is 11.6 Å². The van der Waals surface area contributed by atoms with Crippen LogP contribution in [-0.2, 0) is 6.61 Å². The van der Waals surface area contributed by atoms with E-state index < -0.39 is 0 Å². The molecule has 0 bridgehead atoms. The van der Waals surface area contributed by atoms with Crippen molar-refractivity contribution in [3.63, 3.8) is 0 Å². The summed E-state index contributed by atoms with van der Waals surface area (Å²) in [4.78, 5) is 8.93. The van der Waals surface area contributed by atoms with E-state index >= 15 is 0 Å². The second kappa shape index (κ2) is 6.16. The van der Waals surface area contributed by atoms with Crippen molar-refractivity contribution >= 4 is 11.1 Å². The normalized spacial score (nSPS) is 10.9. The molecule has 0 saturated heterocycles. The number of aryl methyl sites for hydroxylation is 1. The van der Waals surface area contributed by atoms with E-state index in [0.29, 0.717) is 12.5 Å². The fourth-order valence-electron chi connectivity index (χ4n) is 2.55. The molecule has 4 rings (SSSR count). The van der Waals surface area contributed by atoms with Crippen LogP contribution in [0.3, 0.4) is 0 Å². The van der Waals surface area contributed by atoms with E-state index in [1.54, 1.807) is 0 Å². The molecule has 0 atom stereocenters. The van der Waals surface area contributed by atoms with E-state index in [1.807, 2.05) is 73.7 Å². The molecule has 4 nitrogen and oxygen atoms in total. The van der Waals surface area contributed by atoms with Gasteiger partial charge in [0.2, 0.25) is 5.89 Å². The third kappa shape index (κ3) is 2.99. The molecule has 0 aliphatic rings. The number of nitrogens with zero attached hydrogens (tertiary/aromatic N) is 2. The lowest BCUT2D eigenvalue weighted by molar-refractivity contribution is 0.267. The molecule has 0 N–H and O–H groups in total. The summed E-state index contributed by atoms with van der Waals surface area (Å²) in [7, 11) is 0. The Morgan fingerprint density at radius 3 is 2.50 bits per heavy atom. The van der Waals surface area contributed by atoms with Gasteiger partial charge in [0.25, 0.3) is 0 Å². The zero-order chi connectivity index (χ0) is 16.4. The monoisotopic (exact) mass is 316 g/mol. The summed E-state index contributed by atoms with van der Waals surface area (Å²) in [5.41, 5.74) is 4.64. The topological polar surface area (TPSA) is 48.2 Å².